The minimum absolute atomic E-state index is 0.323. The van der Waals surface area contributed by atoms with Crippen molar-refractivity contribution in [2.75, 3.05) is 12.3 Å². The topological polar surface area (TPSA) is 52.3 Å². The van der Waals surface area contributed by atoms with Crippen LogP contribution in [-0.2, 0) is 4.74 Å². The van der Waals surface area contributed by atoms with Gasteiger partial charge in [-0.2, -0.15) is 0 Å². The van der Waals surface area contributed by atoms with Crippen LogP contribution in [0, 0.1) is 0 Å². The lowest BCUT2D eigenvalue weighted by Crippen LogP contribution is -2.06. The van der Waals surface area contributed by atoms with Crippen LogP contribution in [0.3, 0.4) is 0 Å². The third-order valence-corrected chi connectivity index (χ3v) is 2.62. The number of ether oxygens (including phenoxy) is 1. The number of esters is 1. The summed E-state index contributed by atoms with van der Waals surface area (Å²) in [5, 5.41) is 0. The van der Waals surface area contributed by atoms with Gasteiger partial charge in [0, 0.05) is 5.69 Å². The molecule has 0 aliphatic heterocycles. The first-order valence-electron chi connectivity index (χ1n) is 5.84. The molecule has 0 saturated carbocycles. The SMILES string of the molecule is CCOC(=O)c1ccc(N)cc1-c1ccccc1. The Morgan fingerprint density at radius 1 is 1.17 bits per heavy atom. The molecule has 2 aromatic carbocycles. The van der Waals surface area contributed by atoms with Crippen molar-refractivity contribution in [2.24, 2.45) is 0 Å². The number of benzene rings is 2. The smallest absolute Gasteiger partial charge is 0.338 e. The molecule has 0 radical (unpaired) electrons. The minimum Gasteiger partial charge on any atom is -0.462 e. The maximum Gasteiger partial charge on any atom is 0.338 e. The van der Waals surface area contributed by atoms with Crippen molar-refractivity contribution < 1.29 is 9.53 Å². The van der Waals surface area contributed by atoms with Crippen LogP contribution in [0.5, 0.6) is 0 Å². The molecule has 0 aromatic heterocycles. The molecule has 0 saturated heterocycles. The number of anilines is 1. The van der Waals surface area contributed by atoms with Crippen molar-refractivity contribution in [1.29, 1.82) is 0 Å². The Bertz CT molecular complexity index is 550. The molecule has 2 N–H and O–H groups in total. The predicted octanol–water partition coefficient (Wildman–Crippen LogP) is 3.11. The lowest BCUT2D eigenvalue weighted by molar-refractivity contribution is 0.0527. The van der Waals surface area contributed by atoms with Gasteiger partial charge in [-0.25, -0.2) is 4.79 Å². The van der Waals surface area contributed by atoms with Crippen LogP contribution in [0.25, 0.3) is 11.1 Å². The molecule has 0 aliphatic rings. The molecule has 3 heteroatoms. The van der Waals surface area contributed by atoms with Crippen LogP contribution in [0.1, 0.15) is 17.3 Å². The third-order valence-electron chi connectivity index (χ3n) is 2.62. The van der Waals surface area contributed by atoms with Crippen LogP contribution in [0.4, 0.5) is 5.69 Å². The largest absolute Gasteiger partial charge is 0.462 e. The molecule has 18 heavy (non-hydrogen) atoms. The molecule has 0 bridgehead atoms. The number of rotatable bonds is 3. The summed E-state index contributed by atoms with van der Waals surface area (Å²) < 4.78 is 5.05. The van der Waals surface area contributed by atoms with Crippen LogP contribution < -0.4 is 5.73 Å². The fraction of sp³-hybridized carbons (Fsp3) is 0.133. The lowest BCUT2D eigenvalue weighted by Gasteiger charge is -2.10. The Kier molecular flexibility index (Phi) is 3.63. The molecule has 0 aliphatic carbocycles. The van der Waals surface area contributed by atoms with Crippen molar-refractivity contribution >= 4 is 11.7 Å². The van der Waals surface area contributed by atoms with Crippen LogP contribution >= 0.6 is 0 Å². The van der Waals surface area contributed by atoms with E-state index in [0.717, 1.165) is 11.1 Å². The summed E-state index contributed by atoms with van der Waals surface area (Å²) in [7, 11) is 0. The van der Waals surface area contributed by atoms with Gasteiger partial charge < -0.3 is 10.5 Å². The van der Waals surface area contributed by atoms with Gasteiger partial charge >= 0.3 is 5.97 Å². The van der Waals surface area contributed by atoms with E-state index in [-0.39, 0.29) is 5.97 Å². The molecule has 3 nitrogen and oxygen atoms in total. The van der Waals surface area contributed by atoms with Gasteiger partial charge in [-0.3, -0.25) is 0 Å². The second-order valence-corrected chi connectivity index (χ2v) is 3.89. The Labute approximate surface area is 106 Å². The molecule has 2 aromatic rings. The van der Waals surface area contributed by atoms with Crippen molar-refractivity contribution in [3.05, 3.63) is 54.1 Å². The summed E-state index contributed by atoms with van der Waals surface area (Å²) in [5.41, 5.74) is 8.70. The van der Waals surface area contributed by atoms with Gasteiger partial charge in [0.25, 0.3) is 0 Å². The maximum absolute atomic E-state index is 11.9. The molecule has 0 fully saturated rings. The Morgan fingerprint density at radius 2 is 1.89 bits per heavy atom. The summed E-state index contributed by atoms with van der Waals surface area (Å²) in [6.45, 7) is 2.15. The first-order chi connectivity index (χ1) is 8.72. The monoisotopic (exact) mass is 241 g/mol. The maximum atomic E-state index is 11.9. The second-order valence-electron chi connectivity index (χ2n) is 3.89. The first kappa shape index (κ1) is 12.2. The molecule has 0 spiro atoms. The summed E-state index contributed by atoms with van der Waals surface area (Å²) in [5.74, 6) is -0.323. The van der Waals surface area contributed by atoms with Gasteiger partial charge in [0.1, 0.15) is 0 Å². The second kappa shape index (κ2) is 5.36. The Balaban J connectivity index is 2.51. The average molecular weight is 241 g/mol. The predicted molar refractivity (Wildman–Crippen MR) is 72.2 cm³/mol. The van der Waals surface area contributed by atoms with Crippen molar-refractivity contribution in [1.82, 2.24) is 0 Å². The van der Waals surface area contributed by atoms with Gasteiger partial charge in [-0.1, -0.05) is 30.3 Å². The summed E-state index contributed by atoms with van der Waals surface area (Å²) in [6.07, 6.45) is 0. The van der Waals surface area contributed by atoms with E-state index in [0.29, 0.717) is 17.9 Å². The summed E-state index contributed by atoms with van der Waals surface area (Å²) >= 11 is 0. The zero-order valence-electron chi connectivity index (χ0n) is 10.2. The number of hydrogen-bond acceptors (Lipinski definition) is 3. The van der Waals surface area contributed by atoms with Gasteiger partial charge in [0.2, 0.25) is 0 Å². The van der Waals surface area contributed by atoms with Crippen LogP contribution in [0.15, 0.2) is 48.5 Å². The zero-order chi connectivity index (χ0) is 13.0. The summed E-state index contributed by atoms with van der Waals surface area (Å²) in [4.78, 5) is 11.9. The summed E-state index contributed by atoms with van der Waals surface area (Å²) in [6, 6.07) is 14.9. The van der Waals surface area contributed by atoms with E-state index in [9.17, 15) is 4.79 Å². The van der Waals surface area contributed by atoms with Crippen LogP contribution in [0.2, 0.25) is 0 Å². The minimum atomic E-state index is -0.323. The first-order valence-corrected chi connectivity index (χ1v) is 5.84. The highest BCUT2D eigenvalue weighted by Gasteiger charge is 2.13. The van der Waals surface area contributed by atoms with Gasteiger partial charge in [-0.15, -0.1) is 0 Å². The van der Waals surface area contributed by atoms with Gasteiger partial charge in [0.05, 0.1) is 12.2 Å². The van der Waals surface area contributed by atoms with Crippen molar-refractivity contribution in [2.45, 2.75) is 6.92 Å². The molecule has 2 rings (SSSR count). The fourth-order valence-corrected chi connectivity index (χ4v) is 1.81. The molecule has 0 amide bonds. The number of nitrogens with two attached hydrogens (primary N) is 1. The van der Waals surface area contributed by atoms with E-state index >= 15 is 0 Å². The number of carbonyl (C=O) groups is 1. The standard InChI is InChI=1S/C15H15NO2/c1-2-18-15(17)13-9-8-12(16)10-14(13)11-6-4-3-5-7-11/h3-10H,2,16H2,1H3. The molecule has 0 heterocycles. The van der Waals surface area contributed by atoms with Gasteiger partial charge in [0.15, 0.2) is 0 Å². The van der Waals surface area contributed by atoms with E-state index in [4.69, 9.17) is 10.5 Å². The highest BCUT2D eigenvalue weighted by Crippen LogP contribution is 2.26. The van der Waals surface area contributed by atoms with Crippen molar-refractivity contribution in [3.8, 4) is 11.1 Å². The molecule has 0 atom stereocenters. The van der Waals surface area contributed by atoms with E-state index in [2.05, 4.69) is 0 Å². The zero-order valence-corrected chi connectivity index (χ0v) is 10.2. The normalized spacial score (nSPS) is 10.1. The van der Waals surface area contributed by atoms with E-state index in [1.165, 1.54) is 0 Å². The van der Waals surface area contributed by atoms with E-state index in [1.807, 2.05) is 30.3 Å². The Hall–Kier alpha value is -2.29. The third kappa shape index (κ3) is 2.51. The lowest BCUT2D eigenvalue weighted by atomic mass is 9.99. The van der Waals surface area contributed by atoms with Gasteiger partial charge in [-0.05, 0) is 36.2 Å². The number of nitrogen functional groups attached to an aromatic ring is 1. The van der Waals surface area contributed by atoms with E-state index in [1.54, 1.807) is 25.1 Å². The van der Waals surface area contributed by atoms with E-state index < -0.39 is 0 Å². The highest BCUT2D eigenvalue weighted by atomic mass is 16.5. The molecule has 92 valence electrons. The Morgan fingerprint density at radius 3 is 2.56 bits per heavy atom. The van der Waals surface area contributed by atoms with Crippen molar-refractivity contribution in [3.63, 3.8) is 0 Å². The molecular weight excluding hydrogens is 226 g/mol. The van der Waals surface area contributed by atoms with Crippen LogP contribution in [-0.4, -0.2) is 12.6 Å². The number of hydrogen-bond donors (Lipinski definition) is 1. The average Bonchev–Trinajstić information content (AvgIpc) is 2.40. The molecular formula is C15H15NO2. The quantitative estimate of drug-likeness (QED) is 0.663. The molecule has 0 unspecified atom stereocenters. The highest BCUT2D eigenvalue weighted by molar-refractivity contribution is 5.98. The fourth-order valence-electron chi connectivity index (χ4n) is 1.81. The number of carbonyl (C=O) groups excluding carboxylic acids is 1.